The Morgan fingerprint density at radius 2 is 1.65 bits per heavy atom. The number of phenols is 2. The van der Waals surface area contributed by atoms with Crippen LogP contribution in [0.25, 0.3) is 6.08 Å². The molecular weight excluding hydrogens is 532 g/mol. The van der Waals surface area contributed by atoms with Crippen molar-refractivity contribution in [3.05, 3.63) is 41.5 Å². The van der Waals surface area contributed by atoms with Crippen molar-refractivity contribution in [2.24, 2.45) is 50.7 Å². The fraction of sp³-hybridized carbons (Fsp3) is 0.718. The molecule has 236 valence electrons. The number of benzene rings is 1. The molecule has 0 bridgehead atoms. The van der Waals surface area contributed by atoms with Crippen LogP contribution in [0.2, 0.25) is 0 Å². The van der Waals surface area contributed by atoms with Crippen LogP contribution in [0.3, 0.4) is 0 Å². The molecule has 0 radical (unpaired) electrons. The van der Waals surface area contributed by atoms with Crippen molar-refractivity contribution < 1.29 is 19.7 Å². The first kappa shape index (κ1) is 30.8. The van der Waals surface area contributed by atoms with E-state index in [1.807, 2.05) is 0 Å². The zero-order valence-electron chi connectivity index (χ0n) is 27.8. The summed E-state index contributed by atoms with van der Waals surface area (Å²) in [7, 11) is 0. The maximum Gasteiger partial charge on any atom is 0.331 e. The van der Waals surface area contributed by atoms with E-state index in [-0.39, 0.29) is 29.0 Å². The third-order valence-corrected chi connectivity index (χ3v) is 14.6. The Bertz CT molecular complexity index is 1320. The molecule has 4 heteroatoms. The monoisotopic (exact) mass is 588 g/mol. The molecule has 1 aromatic carbocycles. The third kappa shape index (κ3) is 4.54. The quantitative estimate of drug-likeness (QED) is 0.144. The topological polar surface area (TPSA) is 66.8 Å². The lowest BCUT2D eigenvalue weighted by Crippen LogP contribution is -2.58. The second-order valence-electron chi connectivity index (χ2n) is 16.9. The second kappa shape index (κ2) is 10.4. The molecule has 9 atom stereocenters. The van der Waals surface area contributed by atoms with Gasteiger partial charge in [-0.25, -0.2) is 4.79 Å². The number of carbonyl (C=O) groups is 1. The summed E-state index contributed by atoms with van der Waals surface area (Å²) >= 11 is 0. The van der Waals surface area contributed by atoms with E-state index in [1.54, 1.807) is 12.1 Å². The molecule has 5 aliphatic carbocycles. The van der Waals surface area contributed by atoms with Crippen LogP contribution in [0.15, 0.2) is 35.9 Å². The van der Waals surface area contributed by atoms with E-state index >= 15 is 0 Å². The van der Waals surface area contributed by atoms with Crippen LogP contribution in [0.1, 0.15) is 125 Å². The lowest BCUT2D eigenvalue weighted by molar-refractivity contribution is -0.179. The fourth-order valence-corrected chi connectivity index (χ4v) is 12.3. The van der Waals surface area contributed by atoms with E-state index < -0.39 is 0 Å². The Hall–Kier alpha value is -2.23. The van der Waals surface area contributed by atoms with Gasteiger partial charge in [-0.15, -0.1) is 0 Å². The molecule has 0 aromatic heterocycles. The molecule has 6 rings (SSSR count). The maximum absolute atomic E-state index is 13.0. The highest BCUT2D eigenvalue weighted by Gasteiger charge is 2.82. The first-order valence-electron chi connectivity index (χ1n) is 17.2. The summed E-state index contributed by atoms with van der Waals surface area (Å²) in [6.45, 7) is 17.2. The lowest BCUT2D eigenvalue weighted by atomic mass is 9.41. The van der Waals surface area contributed by atoms with Crippen LogP contribution < -0.4 is 0 Å². The van der Waals surface area contributed by atoms with E-state index in [1.165, 1.54) is 88.0 Å². The van der Waals surface area contributed by atoms with Crippen molar-refractivity contribution in [3.8, 4) is 11.5 Å². The molecule has 2 N–H and O–H groups in total. The second-order valence-corrected chi connectivity index (χ2v) is 16.9. The number of carbonyl (C=O) groups excluding carboxylic acids is 1. The van der Waals surface area contributed by atoms with Gasteiger partial charge < -0.3 is 14.9 Å². The maximum atomic E-state index is 13.0. The van der Waals surface area contributed by atoms with Gasteiger partial charge in [0.15, 0.2) is 11.5 Å². The largest absolute Gasteiger partial charge is 0.504 e. The molecular formula is C39H56O4. The molecule has 43 heavy (non-hydrogen) atoms. The van der Waals surface area contributed by atoms with Crippen LogP contribution >= 0.6 is 0 Å². The number of fused-ring (bicyclic) bond motifs is 2. The highest BCUT2D eigenvalue weighted by molar-refractivity contribution is 5.87. The molecule has 0 saturated heterocycles. The van der Waals surface area contributed by atoms with Crippen molar-refractivity contribution in [1.82, 2.24) is 0 Å². The van der Waals surface area contributed by atoms with Crippen LogP contribution in [0, 0.1) is 50.7 Å². The van der Waals surface area contributed by atoms with Gasteiger partial charge in [0.1, 0.15) is 6.10 Å². The van der Waals surface area contributed by atoms with Crippen LogP contribution in [0.4, 0.5) is 0 Å². The summed E-state index contributed by atoms with van der Waals surface area (Å²) in [5, 5.41) is 19.3. The summed E-state index contributed by atoms with van der Waals surface area (Å²) in [5.74, 6) is 2.40. The van der Waals surface area contributed by atoms with Gasteiger partial charge in [0, 0.05) is 11.5 Å². The number of hydrogen-bond donors (Lipinski definition) is 2. The smallest absolute Gasteiger partial charge is 0.331 e. The molecule has 9 unspecified atom stereocenters. The van der Waals surface area contributed by atoms with Crippen molar-refractivity contribution >= 4 is 12.0 Å². The van der Waals surface area contributed by atoms with Gasteiger partial charge in [0.05, 0.1) is 0 Å². The summed E-state index contributed by atoms with van der Waals surface area (Å²) in [6, 6.07) is 4.55. The predicted octanol–water partition coefficient (Wildman–Crippen LogP) is 9.84. The SMILES string of the molecule is CC(C)=CCCC(C)C1CCC2(C)C3CCC4C(C)(C)C(OC(=O)/C=C/c5ccc(O)c(O)c5)CCC45CC35CCC12C. The molecule has 0 aliphatic heterocycles. The number of aromatic hydroxyl groups is 2. The van der Waals surface area contributed by atoms with E-state index in [9.17, 15) is 15.0 Å². The number of hydrogen-bond acceptors (Lipinski definition) is 4. The van der Waals surface area contributed by atoms with Gasteiger partial charge in [-0.05, 0) is 154 Å². The number of phenolic OH excluding ortho intramolecular Hbond substituents is 2. The van der Waals surface area contributed by atoms with Crippen LogP contribution in [-0.4, -0.2) is 22.3 Å². The van der Waals surface area contributed by atoms with E-state index in [4.69, 9.17) is 4.74 Å². The minimum absolute atomic E-state index is 0.0493. The van der Waals surface area contributed by atoms with Gasteiger partial charge in [0.25, 0.3) is 0 Å². The molecule has 4 nitrogen and oxygen atoms in total. The fourth-order valence-electron chi connectivity index (χ4n) is 12.3. The Morgan fingerprint density at radius 1 is 0.930 bits per heavy atom. The lowest BCUT2D eigenvalue weighted by Gasteiger charge is -2.63. The Balaban J connectivity index is 1.16. The normalized spacial score (nSPS) is 41.4. The Labute approximate surface area is 260 Å². The minimum Gasteiger partial charge on any atom is -0.504 e. The number of rotatable bonds is 7. The highest BCUT2D eigenvalue weighted by Crippen LogP contribution is 2.89. The van der Waals surface area contributed by atoms with Gasteiger partial charge in [-0.1, -0.05) is 52.3 Å². The first-order valence-corrected chi connectivity index (χ1v) is 17.2. The van der Waals surface area contributed by atoms with Crippen LogP contribution in [0.5, 0.6) is 11.5 Å². The minimum atomic E-state index is -0.322. The van der Waals surface area contributed by atoms with Crippen molar-refractivity contribution in [1.29, 1.82) is 0 Å². The number of ether oxygens (including phenoxy) is 1. The Morgan fingerprint density at radius 3 is 2.37 bits per heavy atom. The average molecular weight is 589 g/mol. The zero-order valence-corrected chi connectivity index (χ0v) is 27.8. The van der Waals surface area contributed by atoms with Gasteiger partial charge in [-0.2, -0.15) is 0 Å². The number of esters is 1. The Kier molecular flexibility index (Phi) is 7.45. The molecule has 5 saturated carbocycles. The summed E-state index contributed by atoms with van der Waals surface area (Å²) in [6.07, 6.45) is 19.8. The van der Waals surface area contributed by atoms with E-state index in [0.29, 0.717) is 33.1 Å². The highest BCUT2D eigenvalue weighted by atomic mass is 16.5. The molecule has 2 spiro atoms. The first-order chi connectivity index (χ1) is 20.2. The summed E-state index contributed by atoms with van der Waals surface area (Å²) in [4.78, 5) is 13.0. The molecule has 5 aliphatic rings. The van der Waals surface area contributed by atoms with Gasteiger partial charge in [-0.3, -0.25) is 0 Å². The average Bonchev–Trinajstić information content (AvgIpc) is 3.52. The summed E-state index contributed by atoms with van der Waals surface area (Å²) < 4.78 is 6.18. The van der Waals surface area contributed by atoms with Crippen molar-refractivity contribution in [2.45, 2.75) is 125 Å². The summed E-state index contributed by atoms with van der Waals surface area (Å²) in [5.41, 5.74) is 3.87. The standard InChI is InChI=1S/C39H56O4/c1-25(2)9-8-10-26(3)28-17-19-37(7)32-15-14-31-35(4,5)33(18-20-38(31)24-39(32,38)22-21-36(28,37)6)43-34(42)16-12-27-11-13-29(40)30(41)23-27/h9,11-13,16,23,26,28,31-33,40-41H,8,10,14-15,17-22,24H2,1-7H3/b16-12+. The van der Waals surface area contributed by atoms with Crippen LogP contribution in [-0.2, 0) is 9.53 Å². The number of allylic oxidation sites excluding steroid dienone is 2. The zero-order chi connectivity index (χ0) is 31.0. The third-order valence-electron chi connectivity index (χ3n) is 14.6. The molecule has 0 amide bonds. The van der Waals surface area contributed by atoms with Crippen molar-refractivity contribution in [2.75, 3.05) is 0 Å². The van der Waals surface area contributed by atoms with Gasteiger partial charge in [0.2, 0.25) is 0 Å². The van der Waals surface area contributed by atoms with E-state index in [0.717, 1.165) is 24.2 Å². The molecule has 0 heterocycles. The van der Waals surface area contributed by atoms with Gasteiger partial charge >= 0.3 is 5.97 Å². The molecule has 1 aromatic rings. The van der Waals surface area contributed by atoms with E-state index in [2.05, 4.69) is 54.5 Å². The predicted molar refractivity (Wildman–Crippen MR) is 173 cm³/mol. The molecule has 5 fully saturated rings. The van der Waals surface area contributed by atoms with Crippen molar-refractivity contribution in [3.63, 3.8) is 0 Å².